The van der Waals surface area contributed by atoms with E-state index in [0.29, 0.717) is 11.6 Å². The number of piperidine rings is 1. The van der Waals surface area contributed by atoms with Gasteiger partial charge in [-0.05, 0) is 54.0 Å². The fourth-order valence-corrected chi connectivity index (χ4v) is 2.89. The average Bonchev–Trinajstić information content (AvgIpc) is 2.39. The molecule has 4 heteroatoms. The molecule has 0 saturated carbocycles. The minimum Gasteiger partial charge on any atom is -0.380 e. The van der Waals surface area contributed by atoms with Crippen molar-refractivity contribution in [3.63, 3.8) is 0 Å². The molecule has 1 saturated heterocycles. The Morgan fingerprint density at radius 1 is 1.56 bits per heavy atom. The molecule has 1 heterocycles. The van der Waals surface area contributed by atoms with Gasteiger partial charge in [0, 0.05) is 17.1 Å². The third-order valence-corrected chi connectivity index (χ3v) is 4.10. The van der Waals surface area contributed by atoms with Crippen molar-refractivity contribution in [1.29, 1.82) is 5.26 Å². The summed E-state index contributed by atoms with van der Waals surface area (Å²) in [6.07, 6.45) is 2.40. The number of anilines is 1. The molecule has 1 aliphatic heterocycles. The number of halogens is 1. The van der Waals surface area contributed by atoms with Gasteiger partial charge in [0.2, 0.25) is 0 Å². The fraction of sp³-hybridized carbons (Fsp3) is 0.500. The smallest absolute Gasteiger partial charge is 0.103 e. The van der Waals surface area contributed by atoms with Gasteiger partial charge in [0.25, 0.3) is 0 Å². The van der Waals surface area contributed by atoms with E-state index >= 15 is 0 Å². The molecule has 1 aromatic rings. The van der Waals surface area contributed by atoms with Crippen LogP contribution in [-0.4, -0.2) is 30.6 Å². The summed E-state index contributed by atoms with van der Waals surface area (Å²) in [4.78, 5) is 2.45. The van der Waals surface area contributed by atoms with E-state index in [2.05, 4.69) is 39.1 Å². The first-order valence-electron chi connectivity index (χ1n) is 6.42. The lowest BCUT2D eigenvalue weighted by Crippen LogP contribution is -2.41. The highest BCUT2D eigenvalue weighted by Gasteiger charge is 2.19. The van der Waals surface area contributed by atoms with E-state index in [-0.39, 0.29) is 0 Å². The zero-order valence-corrected chi connectivity index (χ0v) is 12.2. The second kappa shape index (κ2) is 6.21. The molecule has 1 atom stereocenters. The molecule has 1 N–H and O–H groups in total. The Balaban J connectivity index is 2.10. The summed E-state index contributed by atoms with van der Waals surface area (Å²) in [6, 6.07) is 8.55. The number of nitrogens with one attached hydrogen (secondary N) is 1. The largest absolute Gasteiger partial charge is 0.380 e. The SMILES string of the molecule is CCN1CCCC(Nc2cccc(Br)c2C#N)C1. The van der Waals surface area contributed by atoms with Crippen molar-refractivity contribution >= 4 is 21.6 Å². The molecule has 2 rings (SSSR count). The molecule has 96 valence electrons. The Hall–Kier alpha value is -1.05. The van der Waals surface area contributed by atoms with Gasteiger partial charge in [0.15, 0.2) is 0 Å². The van der Waals surface area contributed by atoms with E-state index < -0.39 is 0 Å². The van der Waals surface area contributed by atoms with Crippen molar-refractivity contribution in [2.75, 3.05) is 25.0 Å². The summed E-state index contributed by atoms with van der Waals surface area (Å²) in [5.74, 6) is 0. The lowest BCUT2D eigenvalue weighted by Gasteiger charge is -2.33. The van der Waals surface area contributed by atoms with Crippen LogP contribution in [0, 0.1) is 11.3 Å². The van der Waals surface area contributed by atoms with Crippen LogP contribution >= 0.6 is 15.9 Å². The molecule has 3 nitrogen and oxygen atoms in total. The highest BCUT2D eigenvalue weighted by atomic mass is 79.9. The van der Waals surface area contributed by atoms with Crippen LogP contribution in [0.1, 0.15) is 25.3 Å². The summed E-state index contributed by atoms with van der Waals surface area (Å²) < 4.78 is 0.859. The minimum atomic E-state index is 0.445. The Labute approximate surface area is 117 Å². The number of nitriles is 1. The van der Waals surface area contributed by atoms with Gasteiger partial charge in [-0.15, -0.1) is 0 Å². The second-order valence-corrected chi connectivity index (χ2v) is 5.51. The van der Waals surface area contributed by atoms with Crippen LogP contribution in [-0.2, 0) is 0 Å². The van der Waals surface area contributed by atoms with E-state index in [4.69, 9.17) is 0 Å². The van der Waals surface area contributed by atoms with Crippen LogP contribution < -0.4 is 5.32 Å². The van der Waals surface area contributed by atoms with Crippen LogP contribution in [0.15, 0.2) is 22.7 Å². The first-order valence-corrected chi connectivity index (χ1v) is 7.21. The monoisotopic (exact) mass is 307 g/mol. The molecule has 1 aromatic carbocycles. The molecule has 0 amide bonds. The van der Waals surface area contributed by atoms with Gasteiger partial charge in [-0.3, -0.25) is 0 Å². The first-order chi connectivity index (χ1) is 8.74. The van der Waals surface area contributed by atoms with Crippen LogP contribution in [0.3, 0.4) is 0 Å². The number of likely N-dealkylation sites (N-methyl/N-ethyl adjacent to an activating group) is 1. The van der Waals surface area contributed by atoms with Crippen molar-refractivity contribution in [3.05, 3.63) is 28.2 Å². The summed E-state index contributed by atoms with van der Waals surface area (Å²) >= 11 is 3.42. The standard InChI is InChI=1S/C14H18BrN3/c1-2-18-8-4-5-11(10-18)17-14-7-3-6-13(15)12(14)9-16/h3,6-7,11,17H,2,4-5,8,10H2,1H3. The Morgan fingerprint density at radius 2 is 2.39 bits per heavy atom. The molecular weight excluding hydrogens is 290 g/mol. The average molecular weight is 308 g/mol. The second-order valence-electron chi connectivity index (χ2n) is 4.65. The van der Waals surface area contributed by atoms with Crippen LogP contribution in [0.5, 0.6) is 0 Å². The highest BCUT2D eigenvalue weighted by molar-refractivity contribution is 9.10. The third kappa shape index (κ3) is 3.04. The van der Waals surface area contributed by atoms with Crippen molar-refractivity contribution in [2.45, 2.75) is 25.8 Å². The fourth-order valence-electron chi connectivity index (χ4n) is 2.44. The summed E-state index contributed by atoms with van der Waals surface area (Å²) in [6.45, 7) is 5.55. The van der Waals surface area contributed by atoms with Gasteiger partial charge in [0.1, 0.15) is 6.07 Å². The number of nitrogens with zero attached hydrogens (tertiary/aromatic N) is 2. The lowest BCUT2D eigenvalue weighted by atomic mass is 10.0. The van der Waals surface area contributed by atoms with Gasteiger partial charge in [-0.25, -0.2) is 0 Å². The lowest BCUT2D eigenvalue weighted by molar-refractivity contribution is 0.227. The van der Waals surface area contributed by atoms with E-state index in [1.54, 1.807) is 0 Å². The predicted molar refractivity (Wildman–Crippen MR) is 77.6 cm³/mol. The zero-order valence-electron chi connectivity index (χ0n) is 10.6. The molecule has 1 fully saturated rings. The first kappa shape index (κ1) is 13.4. The maximum atomic E-state index is 9.20. The quantitative estimate of drug-likeness (QED) is 0.932. The maximum Gasteiger partial charge on any atom is 0.103 e. The molecule has 0 bridgehead atoms. The molecule has 0 aliphatic carbocycles. The third-order valence-electron chi connectivity index (χ3n) is 3.44. The molecular formula is C14H18BrN3. The Morgan fingerprint density at radius 3 is 3.11 bits per heavy atom. The number of likely N-dealkylation sites (tertiary alicyclic amines) is 1. The van der Waals surface area contributed by atoms with Crippen molar-refractivity contribution in [3.8, 4) is 6.07 Å². The van der Waals surface area contributed by atoms with Gasteiger partial charge < -0.3 is 10.2 Å². The minimum absolute atomic E-state index is 0.445. The topological polar surface area (TPSA) is 39.1 Å². The van der Waals surface area contributed by atoms with Crippen molar-refractivity contribution in [1.82, 2.24) is 4.90 Å². The summed E-state index contributed by atoms with van der Waals surface area (Å²) in [5.41, 5.74) is 1.64. The summed E-state index contributed by atoms with van der Waals surface area (Å²) in [7, 11) is 0. The van der Waals surface area contributed by atoms with Gasteiger partial charge in [-0.2, -0.15) is 5.26 Å². The molecule has 0 spiro atoms. The molecule has 18 heavy (non-hydrogen) atoms. The number of rotatable bonds is 3. The number of hydrogen-bond acceptors (Lipinski definition) is 3. The van der Waals surface area contributed by atoms with Crippen molar-refractivity contribution in [2.24, 2.45) is 0 Å². The summed E-state index contributed by atoms with van der Waals surface area (Å²) in [5, 5.41) is 12.7. The maximum absolute atomic E-state index is 9.20. The molecule has 1 aliphatic rings. The highest BCUT2D eigenvalue weighted by Crippen LogP contribution is 2.25. The van der Waals surface area contributed by atoms with Gasteiger partial charge in [0.05, 0.1) is 11.3 Å². The molecule has 0 aromatic heterocycles. The van der Waals surface area contributed by atoms with E-state index in [1.807, 2.05) is 18.2 Å². The van der Waals surface area contributed by atoms with Crippen LogP contribution in [0.2, 0.25) is 0 Å². The van der Waals surface area contributed by atoms with Crippen LogP contribution in [0.25, 0.3) is 0 Å². The Bertz CT molecular complexity index is 453. The van der Waals surface area contributed by atoms with E-state index in [9.17, 15) is 5.26 Å². The van der Waals surface area contributed by atoms with Crippen molar-refractivity contribution < 1.29 is 0 Å². The predicted octanol–water partition coefficient (Wildman–Crippen LogP) is 3.22. The molecule has 1 unspecified atom stereocenters. The molecule has 0 radical (unpaired) electrons. The van der Waals surface area contributed by atoms with Crippen LogP contribution in [0.4, 0.5) is 5.69 Å². The van der Waals surface area contributed by atoms with Gasteiger partial charge >= 0.3 is 0 Å². The zero-order chi connectivity index (χ0) is 13.0. The number of benzene rings is 1. The number of hydrogen-bond donors (Lipinski definition) is 1. The van der Waals surface area contributed by atoms with E-state index in [0.717, 1.165) is 23.2 Å². The Kier molecular flexibility index (Phi) is 4.62. The van der Waals surface area contributed by atoms with E-state index in [1.165, 1.54) is 19.4 Å². The van der Waals surface area contributed by atoms with Gasteiger partial charge in [-0.1, -0.05) is 13.0 Å². The normalized spacial score (nSPS) is 20.4.